The number of ether oxygens (including phenoxy) is 1. The summed E-state index contributed by atoms with van der Waals surface area (Å²) in [6, 6.07) is 10.6. The quantitative estimate of drug-likeness (QED) is 0.502. The molecule has 2 amide bonds. The lowest BCUT2D eigenvalue weighted by Crippen LogP contribution is -2.44. The summed E-state index contributed by atoms with van der Waals surface area (Å²) < 4.78 is 22.2. The average Bonchev–Trinajstić information content (AvgIpc) is 3.65. The molecule has 2 aromatic heterocycles. The number of hydrogen-bond acceptors (Lipinski definition) is 8. The first-order chi connectivity index (χ1) is 19.5. The number of fused-ring (bicyclic) bond motifs is 1. The molecule has 11 nitrogen and oxygen atoms in total. The third-order valence-corrected chi connectivity index (χ3v) is 8.73. The van der Waals surface area contributed by atoms with Crippen molar-refractivity contribution in [3.8, 4) is 17.2 Å². The first-order valence-corrected chi connectivity index (χ1v) is 13.5. The number of anilines is 1. The molecule has 204 valence electrons. The number of carbonyl (C=O) groups is 2. The van der Waals surface area contributed by atoms with Crippen molar-refractivity contribution in [1.82, 2.24) is 30.2 Å². The van der Waals surface area contributed by atoms with Crippen LogP contribution in [0.25, 0.3) is 11.1 Å². The fourth-order valence-corrected chi connectivity index (χ4v) is 6.60. The van der Waals surface area contributed by atoms with Gasteiger partial charge in [-0.2, -0.15) is 5.26 Å². The maximum absolute atomic E-state index is 15.2. The van der Waals surface area contributed by atoms with E-state index < -0.39 is 23.4 Å². The molecule has 7 rings (SSSR count). The van der Waals surface area contributed by atoms with Crippen LogP contribution in [0.3, 0.4) is 0 Å². The van der Waals surface area contributed by atoms with Gasteiger partial charge in [0, 0.05) is 48.4 Å². The van der Waals surface area contributed by atoms with Crippen LogP contribution in [0.5, 0.6) is 0 Å². The standard InChI is InChI=1S/C28H27FN8O3/c29-23-10-18(37-13-19(40-27(37)39)12-36-9-8-33-34-36)4-5-20(23)17-3-6-25(32-11-17)28(16-30)21-14-35(15-22(21)28)26(38)24-2-1-7-31-24/h3-6,8-11,19,21-22,24,31H,1-2,7,12-15H2/t19-,21-,22+,24-,28?/m0/s1. The molecular weight excluding hydrogens is 515 g/mol. The van der Waals surface area contributed by atoms with Gasteiger partial charge in [-0.15, -0.1) is 5.10 Å². The van der Waals surface area contributed by atoms with Crippen LogP contribution in [-0.4, -0.2) is 75.2 Å². The lowest BCUT2D eigenvalue weighted by molar-refractivity contribution is -0.132. The molecule has 1 unspecified atom stereocenters. The van der Waals surface area contributed by atoms with Crippen LogP contribution in [0.2, 0.25) is 0 Å². The zero-order valence-corrected chi connectivity index (χ0v) is 21.6. The Morgan fingerprint density at radius 2 is 2.08 bits per heavy atom. The van der Waals surface area contributed by atoms with E-state index in [1.807, 2.05) is 4.90 Å². The van der Waals surface area contributed by atoms with Crippen LogP contribution in [0, 0.1) is 29.0 Å². The molecule has 3 aromatic rings. The maximum Gasteiger partial charge on any atom is 0.414 e. The van der Waals surface area contributed by atoms with Crippen molar-refractivity contribution < 1.29 is 18.7 Å². The number of benzene rings is 1. The number of piperidine rings is 1. The fraction of sp³-hybridized carbons (Fsp3) is 0.429. The summed E-state index contributed by atoms with van der Waals surface area (Å²) in [6.45, 7) is 2.63. The second-order valence-electron chi connectivity index (χ2n) is 10.9. The predicted octanol–water partition coefficient (Wildman–Crippen LogP) is 2.11. The Morgan fingerprint density at radius 3 is 2.73 bits per heavy atom. The van der Waals surface area contributed by atoms with Crippen LogP contribution in [0.15, 0.2) is 48.9 Å². The van der Waals surface area contributed by atoms with E-state index in [0.29, 0.717) is 42.1 Å². The number of halogens is 1. The van der Waals surface area contributed by atoms with Gasteiger partial charge in [-0.25, -0.2) is 13.9 Å². The molecule has 0 radical (unpaired) electrons. The highest BCUT2D eigenvalue weighted by Gasteiger charge is 2.71. The lowest BCUT2D eigenvalue weighted by atomic mass is 9.95. The normalized spacial score (nSPS) is 28.9. The average molecular weight is 543 g/mol. The van der Waals surface area contributed by atoms with Gasteiger partial charge < -0.3 is 15.0 Å². The summed E-state index contributed by atoms with van der Waals surface area (Å²) in [6.07, 6.45) is 5.72. The van der Waals surface area contributed by atoms with E-state index in [9.17, 15) is 14.9 Å². The maximum atomic E-state index is 15.2. The van der Waals surface area contributed by atoms with Crippen molar-refractivity contribution >= 4 is 17.7 Å². The van der Waals surface area contributed by atoms with E-state index in [2.05, 4.69) is 26.7 Å². The predicted molar refractivity (Wildman–Crippen MR) is 139 cm³/mol. The Labute approximate surface area is 229 Å². The number of aromatic nitrogens is 4. The molecular formula is C28H27FN8O3. The molecule has 1 N–H and O–H groups in total. The Hall–Kier alpha value is -4.37. The topological polar surface area (TPSA) is 129 Å². The first kappa shape index (κ1) is 24.7. The molecule has 3 saturated heterocycles. The lowest BCUT2D eigenvalue weighted by Gasteiger charge is -2.25. The molecule has 0 spiro atoms. The second kappa shape index (κ2) is 9.38. The molecule has 40 heavy (non-hydrogen) atoms. The highest BCUT2D eigenvalue weighted by molar-refractivity contribution is 5.90. The van der Waals surface area contributed by atoms with Gasteiger partial charge >= 0.3 is 6.09 Å². The molecule has 1 aromatic carbocycles. The van der Waals surface area contributed by atoms with Crippen molar-refractivity contribution in [3.05, 3.63) is 60.4 Å². The second-order valence-corrected chi connectivity index (χ2v) is 10.9. The van der Waals surface area contributed by atoms with Crippen LogP contribution in [0.4, 0.5) is 14.9 Å². The Morgan fingerprint density at radius 1 is 1.23 bits per heavy atom. The van der Waals surface area contributed by atoms with E-state index in [-0.39, 0.29) is 30.3 Å². The van der Waals surface area contributed by atoms with Gasteiger partial charge in [-0.1, -0.05) is 11.3 Å². The number of nitrogens with zero attached hydrogens (tertiary/aromatic N) is 7. The van der Waals surface area contributed by atoms with Crippen molar-refractivity contribution in [2.24, 2.45) is 11.8 Å². The summed E-state index contributed by atoms with van der Waals surface area (Å²) >= 11 is 0. The van der Waals surface area contributed by atoms with Gasteiger partial charge in [-0.05, 0) is 43.7 Å². The third-order valence-electron chi connectivity index (χ3n) is 8.73. The molecule has 5 heterocycles. The minimum absolute atomic E-state index is 0.0609. The number of rotatable bonds is 6. The number of amides is 2. The largest absolute Gasteiger partial charge is 0.442 e. The van der Waals surface area contributed by atoms with Crippen LogP contribution >= 0.6 is 0 Å². The van der Waals surface area contributed by atoms with Crippen LogP contribution in [0.1, 0.15) is 18.5 Å². The Kier molecular flexibility index (Phi) is 5.78. The van der Waals surface area contributed by atoms with E-state index in [1.165, 1.54) is 11.0 Å². The Bertz CT molecular complexity index is 1490. The van der Waals surface area contributed by atoms with E-state index in [1.54, 1.807) is 47.5 Å². The SMILES string of the molecule is N#CC1(c2ccc(-c3ccc(N4C[C@H](Cn5ccnn5)OC4=O)cc3F)cn2)[C@@H]2CN(C(=O)[C@@H]3CCCN3)C[C@@H]21. The first-order valence-electron chi connectivity index (χ1n) is 13.5. The number of likely N-dealkylation sites (tertiary alicyclic amines) is 1. The van der Waals surface area contributed by atoms with Crippen molar-refractivity contribution in [3.63, 3.8) is 0 Å². The monoisotopic (exact) mass is 542 g/mol. The van der Waals surface area contributed by atoms with Gasteiger partial charge in [-0.3, -0.25) is 14.7 Å². The highest BCUT2D eigenvalue weighted by Crippen LogP contribution is 2.62. The molecule has 4 aliphatic rings. The van der Waals surface area contributed by atoms with Crippen molar-refractivity contribution in [1.29, 1.82) is 5.26 Å². The molecule has 3 aliphatic heterocycles. The van der Waals surface area contributed by atoms with Gasteiger partial charge in [0.1, 0.15) is 17.3 Å². The highest BCUT2D eigenvalue weighted by atomic mass is 19.1. The summed E-state index contributed by atoms with van der Waals surface area (Å²) in [5.74, 6) is -0.240. The smallest absolute Gasteiger partial charge is 0.414 e. The zero-order chi connectivity index (χ0) is 27.4. The van der Waals surface area contributed by atoms with Crippen LogP contribution in [-0.2, 0) is 21.5 Å². The number of carbonyl (C=O) groups excluding carboxylic acids is 2. The number of pyridine rings is 1. The van der Waals surface area contributed by atoms with Crippen molar-refractivity contribution in [2.75, 3.05) is 31.1 Å². The zero-order valence-electron chi connectivity index (χ0n) is 21.6. The molecule has 1 aliphatic carbocycles. The minimum Gasteiger partial charge on any atom is -0.442 e. The summed E-state index contributed by atoms with van der Waals surface area (Å²) in [5.41, 5.74) is 1.27. The van der Waals surface area contributed by atoms with Crippen molar-refractivity contribution in [2.45, 2.75) is 36.9 Å². The van der Waals surface area contributed by atoms with Gasteiger partial charge in [0.05, 0.1) is 42.8 Å². The van der Waals surface area contributed by atoms with E-state index in [4.69, 9.17) is 4.74 Å². The van der Waals surface area contributed by atoms with Gasteiger partial charge in [0.25, 0.3) is 0 Å². The van der Waals surface area contributed by atoms with E-state index >= 15 is 4.39 Å². The van der Waals surface area contributed by atoms with E-state index in [0.717, 1.165) is 19.4 Å². The molecule has 1 saturated carbocycles. The third kappa shape index (κ3) is 3.92. The summed E-state index contributed by atoms with van der Waals surface area (Å²) in [5, 5.41) is 21.0. The number of nitrogens with one attached hydrogen (secondary N) is 1. The van der Waals surface area contributed by atoms with Gasteiger partial charge in [0.2, 0.25) is 5.91 Å². The summed E-state index contributed by atoms with van der Waals surface area (Å²) in [4.78, 5) is 33.1. The fourth-order valence-electron chi connectivity index (χ4n) is 6.60. The minimum atomic E-state index is -0.709. The Balaban J connectivity index is 1.03. The molecule has 0 bridgehead atoms. The van der Waals surface area contributed by atoms with Crippen LogP contribution < -0.4 is 10.2 Å². The van der Waals surface area contributed by atoms with Gasteiger partial charge in [0.15, 0.2) is 0 Å². The number of hydrogen-bond donors (Lipinski definition) is 1. The molecule has 5 atom stereocenters. The molecule has 4 fully saturated rings. The number of cyclic esters (lactones) is 1. The summed E-state index contributed by atoms with van der Waals surface area (Å²) in [7, 11) is 0. The molecule has 12 heteroatoms. The number of nitriles is 1.